The van der Waals surface area contributed by atoms with Crippen molar-refractivity contribution in [3.05, 3.63) is 0 Å². The van der Waals surface area contributed by atoms with E-state index >= 15 is 0 Å². The molecule has 0 N–H and O–H groups in total. The molecule has 0 aromatic heterocycles. The van der Waals surface area contributed by atoms with Crippen LogP contribution in [0.1, 0.15) is 33.1 Å². The van der Waals surface area contributed by atoms with Crippen LogP contribution in [-0.4, -0.2) is 12.5 Å². The maximum absolute atomic E-state index is 11.3. The first-order valence-corrected chi connectivity index (χ1v) is 6.17. The monoisotopic (exact) mass is 190 g/mol. The molecule has 0 unspecified atom stereocenters. The van der Waals surface area contributed by atoms with Crippen LogP contribution < -0.4 is 0 Å². The molecule has 2 rings (SSSR count). The van der Waals surface area contributed by atoms with Crippen LogP contribution >= 0.6 is 7.60 Å². The van der Waals surface area contributed by atoms with Gasteiger partial charge in [-0.2, -0.15) is 0 Å². The van der Waals surface area contributed by atoms with E-state index < -0.39 is 7.60 Å². The highest BCUT2D eigenvalue weighted by atomic mass is 31.2. The molecule has 0 aromatic carbocycles. The van der Waals surface area contributed by atoms with Crippen molar-refractivity contribution in [2.75, 3.05) is 6.35 Å². The van der Waals surface area contributed by atoms with Gasteiger partial charge in [-0.15, -0.1) is 0 Å². The summed E-state index contributed by atoms with van der Waals surface area (Å²) in [5.41, 5.74) is 0.184. The molecule has 0 amide bonds. The highest BCUT2D eigenvalue weighted by molar-refractivity contribution is 7.59. The zero-order valence-electron chi connectivity index (χ0n) is 7.58. The Labute approximate surface area is 73.0 Å². The van der Waals surface area contributed by atoms with Crippen LogP contribution in [0.4, 0.5) is 0 Å². The van der Waals surface area contributed by atoms with Crippen molar-refractivity contribution in [2.24, 2.45) is 5.41 Å². The van der Waals surface area contributed by atoms with Gasteiger partial charge in [0.2, 0.25) is 0 Å². The van der Waals surface area contributed by atoms with Gasteiger partial charge in [-0.1, -0.05) is 20.3 Å². The Morgan fingerprint density at radius 3 is 2.67 bits per heavy atom. The molecular formula is C8H15O3P. The molecular weight excluding hydrogens is 175 g/mol. The second kappa shape index (κ2) is 2.57. The Balaban J connectivity index is 1.99. The molecule has 4 heteroatoms. The average Bonchev–Trinajstić information content (AvgIpc) is 2.57. The zero-order chi connectivity index (χ0) is 8.82. The van der Waals surface area contributed by atoms with Gasteiger partial charge in [0.25, 0.3) is 0 Å². The van der Waals surface area contributed by atoms with Gasteiger partial charge < -0.3 is 4.52 Å². The molecule has 1 saturated carbocycles. The third kappa shape index (κ3) is 1.59. The molecule has 12 heavy (non-hydrogen) atoms. The van der Waals surface area contributed by atoms with Crippen LogP contribution in [0.25, 0.3) is 0 Å². The van der Waals surface area contributed by atoms with Gasteiger partial charge in [0.05, 0.1) is 6.10 Å². The number of hydrogen-bond donors (Lipinski definition) is 0. The molecule has 0 aromatic rings. The van der Waals surface area contributed by atoms with E-state index in [2.05, 4.69) is 13.8 Å². The molecule has 0 radical (unpaired) electrons. The van der Waals surface area contributed by atoms with E-state index in [0.717, 1.165) is 12.8 Å². The quantitative estimate of drug-likeness (QED) is 0.496. The van der Waals surface area contributed by atoms with Gasteiger partial charge in [0.15, 0.2) is 6.35 Å². The molecule has 1 aliphatic heterocycles. The second-order valence-corrected chi connectivity index (χ2v) is 6.29. The van der Waals surface area contributed by atoms with Crippen LogP contribution in [0.3, 0.4) is 0 Å². The lowest BCUT2D eigenvalue weighted by atomic mass is 9.90. The van der Waals surface area contributed by atoms with Crippen molar-refractivity contribution in [1.29, 1.82) is 0 Å². The normalized spacial score (nSPS) is 44.7. The lowest BCUT2D eigenvalue weighted by Crippen LogP contribution is -2.23. The van der Waals surface area contributed by atoms with Crippen LogP contribution in [0.15, 0.2) is 0 Å². The summed E-state index contributed by atoms with van der Waals surface area (Å²) >= 11 is 0. The van der Waals surface area contributed by atoms with E-state index in [9.17, 15) is 4.57 Å². The predicted octanol–water partition coefficient (Wildman–Crippen LogP) is 2.76. The molecule has 1 aliphatic carbocycles. The van der Waals surface area contributed by atoms with Gasteiger partial charge in [-0.05, 0) is 18.3 Å². The van der Waals surface area contributed by atoms with Gasteiger partial charge >= 0.3 is 7.60 Å². The van der Waals surface area contributed by atoms with Crippen LogP contribution in [0.5, 0.6) is 0 Å². The van der Waals surface area contributed by atoms with Crippen molar-refractivity contribution in [3.8, 4) is 0 Å². The van der Waals surface area contributed by atoms with Gasteiger partial charge in [0.1, 0.15) is 0 Å². The fraction of sp³-hybridized carbons (Fsp3) is 1.00. The van der Waals surface area contributed by atoms with E-state index in [1.54, 1.807) is 0 Å². The third-order valence-electron chi connectivity index (χ3n) is 2.79. The fourth-order valence-electron chi connectivity index (χ4n) is 1.79. The van der Waals surface area contributed by atoms with E-state index in [-0.39, 0.29) is 11.5 Å². The minimum Gasteiger partial charge on any atom is -0.303 e. The maximum Gasteiger partial charge on any atom is 0.357 e. The summed E-state index contributed by atoms with van der Waals surface area (Å²) in [7, 11) is -2.54. The molecule has 2 aliphatic rings. The molecule has 1 heterocycles. The number of rotatable bonds is 2. The average molecular weight is 190 g/mol. The Morgan fingerprint density at radius 2 is 2.25 bits per heavy atom. The van der Waals surface area contributed by atoms with E-state index in [0.29, 0.717) is 6.35 Å². The van der Waals surface area contributed by atoms with E-state index in [1.165, 1.54) is 6.42 Å². The summed E-state index contributed by atoms with van der Waals surface area (Å²) in [4.78, 5) is 0. The highest BCUT2D eigenvalue weighted by Crippen LogP contribution is 2.66. The van der Waals surface area contributed by atoms with Gasteiger partial charge in [0, 0.05) is 0 Å². The molecule has 2 fully saturated rings. The standard InChI is InChI=1S/C8H15O3P/c1-8(2)5-3-4-7(8)11-12(9)6-10-12/h7H,3-6H2,1-2H3/t7-,12-/m0/s1. The summed E-state index contributed by atoms with van der Waals surface area (Å²) in [6, 6.07) is 0. The minimum atomic E-state index is -2.54. The first-order chi connectivity index (χ1) is 5.52. The summed E-state index contributed by atoms with van der Waals surface area (Å²) in [5.74, 6) is 0. The Kier molecular flexibility index (Phi) is 1.87. The van der Waals surface area contributed by atoms with Crippen LogP contribution in [0, 0.1) is 5.41 Å². The van der Waals surface area contributed by atoms with Crippen molar-refractivity contribution in [2.45, 2.75) is 39.2 Å². The maximum atomic E-state index is 11.3. The SMILES string of the molecule is CC1(C)CCC[C@@H]1O[P@]1(=O)CO1. The van der Waals surface area contributed by atoms with Crippen molar-refractivity contribution in [3.63, 3.8) is 0 Å². The van der Waals surface area contributed by atoms with E-state index in [4.69, 9.17) is 9.05 Å². The van der Waals surface area contributed by atoms with Crippen molar-refractivity contribution in [1.82, 2.24) is 0 Å². The largest absolute Gasteiger partial charge is 0.357 e. The molecule has 1 saturated heterocycles. The lowest BCUT2D eigenvalue weighted by Gasteiger charge is -2.25. The topological polar surface area (TPSA) is 38.8 Å². The van der Waals surface area contributed by atoms with E-state index in [1.807, 2.05) is 0 Å². The molecule has 0 spiro atoms. The molecule has 3 nitrogen and oxygen atoms in total. The predicted molar refractivity (Wildman–Crippen MR) is 46.1 cm³/mol. The summed E-state index contributed by atoms with van der Waals surface area (Å²) in [5, 5.41) is 0. The van der Waals surface area contributed by atoms with Gasteiger partial charge in [-0.25, -0.2) is 0 Å². The molecule has 70 valence electrons. The summed E-state index contributed by atoms with van der Waals surface area (Å²) in [6.07, 6.45) is 3.85. The lowest BCUT2D eigenvalue weighted by molar-refractivity contribution is 0.105. The fourth-order valence-corrected chi connectivity index (χ4v) is 3.07. The first-order valence-electron chi connectivity index (χ1n) is 4.44. The Morgan fingerprint density at radius 1 is 1.58 bits per heavy atom. The van der Waals surface area contributed by atoms with Crippen LogP contribution in [0.2, 0.25) is 0 Å². The molecule has 0 bridgehead atoms. The zero-order valence-corrected chi connectivity index (χ0v) is 8.47. The van der Waals surface area contributed by atoms with Crippen molar-refractivity contribution >= 4 is 7.60 Å². The summed E-state index contributed by atoms with van der Waals surface area (Å²) < 4.78 is 21.6. The highest BCUT2D eigenvalue weighted by Gasteiger charge is 2.47. The minimum absolute atomic E-state index is 0.144. The van der Waals surface area contributed by atoms with Gasteiger partial charge in [-0.3, -0.25) is 9.09 Å². The second-order valence-electron chi connectivity index (χ2n) is 4.34. The first kappa shape index (κ1) is 8.74. The number of hydrogen-bond acceptors (Lipinski definition) is 3. The third-order valence-corrected chi connectivity index (χ3v) is 4.04. The Bertz CT molecular complexity index is 228. The summed E-state index contributed by atoms with van der Waals surface area (Å²) in [6.45, 7) is 4.33. The van der Waals surface area contributed by atoms with Crippen LogP contribution in [-0.2, 0) is 13.6 Å². The molecule has 2 atom stereocenters. The smallest absolute Gasteiger partial charge is 0.303 e. The Hall–Kier alpha value is 0.150. The van der Waals surface area contributed by atoms with Crippen molar-refractivity contribution < 1.29 is 13.6 Å².